The molecule has 0 saturated carbocycles. The molecule has 0 spiro atoms. The van der Waals surface area contributed by atoms with E-state index in [9.17, 15) is 18.8 Å². The van der Waals surface area contributed by atoms with Crippen LogP contribution in [-0.4, -0.2) is 64.7 Å². The van der Waals surface area contributed by atoms with E-state index in [4.69, 9.17) is 9.84 Å². The number of rotatable bonds is 9. The molecule has 0 saturated heterocycles. The van der Waals surface area contributed by atoms with Crippen molar-refractivity contribution in [3.05, 3.63) is 47.4 Å². The van der Waals surface area contributed by atoms with Crippen LogP contribution in [-0.2, 0) is 20.8 Å². The Morgan fingerprint density at radius 2 is 1.94 bits per heavy atom. The number of nitrogens with one attached hydrogen (secondary N) is 1. The van der Waals surface area contributed by atoms with Crippen molar-refractivity contribution in [1.82, 2.24) is 9.88 Å². The van der Waals surface area contributed by atoms with Crippen LogP contribution >= 0.6 is 10.0 Å². The van der Waals surface area contributed by atoms with Crippen molar-refractivity contribution in [1.29, 1.82) is 0 Å². The number of carboxylic acid groups (broad SMARTS) is 1. The molecule has 1 atom stereocenters. The number of fused-ring (bicyclic) bond motifs is 1. The van der Waals surface area contributed by atoms with Gasteiger partial charge in [-0.25, -0.2) is 19.4 Å². The summed E-state index contributed by atoms with van der Waals surface area (Å²) < 4.78 is 20.2. The number of pyridine rings is 1. The Morgan fingerprint density at radius 3 is 2.57 bits per heavy atom. The fourth-order valence-electron chi connectivity index (χ4n) is 4.06. The van der Waals surface area contributed by atoms with E-state index in [2.05, 4.69) is 10.3 Å². The van der Waals surface area contributed by atoms with Gasteiger partial charge in [0.05, 0.1) is 12.3 Å². The summed E-state index contributed by atoms with van der Waals surface area (Å²) in [5.41, 5.74) is 1.52. The van der Waals surface area contributed by atoms with Crippen LogP contribution in [0.1, 0.15) is 43.5 Å². The largest absolute Gasteiger partial charge is 0.481 e. The lowest BCUT2D eigenvalue weighted by atomic mass is 9.95. The van der Waals surface area contributed by atoms with Crippen LogP contribution in [0.3, 0.4) is 0 Å². The number of aliphatic carboxylic acids is 1. The minimum absolute atomic E-state index is 0.00750. The average molecular weight is 506 g/mol. The molecule has 2 N–H and O–H groups in total. The van der Waals surface area contributed by atoms with Gasteiger partial charge >= 0.3 is 5.97 Å². The highest BCUT2D eigenvalue weighted by molar-refractivity contribution is 8.32. The molecular formula is C25H32FN3O5S. The molecule has 1 aliphatic heterocycles. The molecule has 0 unspecified atom stereocenters. The lowest BCUT2D eigenvalue weighted by Crippen LogP contribution is -2.45. The number of nitrogens with zero attached hydrogens (tertiary/aromatic N) is 2. The first kappa shape index (κ1) is 26.5. The molecule has 190 valence electrons. The second-order valence-corrected chi connectivity index (χ2v) is 13.2. The van der Waals surface area contributed by atoms with E-state index in [0.717, 1.165) is 0 Å². The maximum Gasteiger partial charge on any atom is 0.303 e. The molecule has 1 aromatic carbocycles. The average Bonchev–Trinajstić information content (AvgIpc) is 2.77. The number of ether oxygens (including phenoxy) is 1. The van der Waals surface area contributed by atoms with Gasteiger partial charge in [-0.15, -0.1) is 0 Å². The molecule has 0 radical (unpaired) electrons. The van der Waals surface area contributed by atoms with Crippen LogP contribution in [0.25, 0.3) is 0 Å². The summed E-state index contributed by atoms with van der Waals surface area (Å²) in [5.74, 6) is -1.73. The van der Waals surface area contributed by atoms with E-state index < -0.39 is 27.9 Å². The second kappa shape index (κ2) is 11.1. The second-order valence-electron chi connectivity index (χ2n) is 9.08. The van der Waals surface area contributed by atoms with Gasteiger partial charge in [-0.1, -0.05) is 0 Å². The van der Waals surface area contributed by atoms with Gasteiger partial charge in [0, 0.05) is 48.0 Å². The first-order chi connectivity index (χ1) is 16.5. The number of anilines is 1. The molecule has 3 rings (SSSR count). The number of hydrogen-bond donors (Lipinski definition) is 2. The van der Waals surface area contributed by atoms with Gasteiger partial charge in [0.25, 0.3) is 5.91 Å². The summed E-state index contributed by atoms with van der Waals surface area (Å²) in [4.78, 5) is 43.9. The monoisotopic (exact) mass is 505 g/mol. The highest BCUT2D eigenvalue weighted by Crippen LogP contribution is 2.47. The third kappa shape index (κ3) is 6.50. The fourth-order valence-corrected chi connectivity index (χ4v) is 5.18. The maximum absolute atomic E-state index is 14.7. The van der Waals surface area contributed by atoms with E-state index in [-0.39, 0.29) is 37.5 Å². The SMILES string of the molecule is CCOc1ccc2c(n1)CCN(C(=O)CCCC(=O)O)[C@H]2C(=O)Nc1ccc(S(C)(C)C)c(F)c1. The predicted molar refractivity (Wildman–Crippen MR) is 134 cm³/mol. The van der Waals surface area contributed by atoms with Crippen molar-refractivity contribution in [2.45, 2.75) is 43.5 Å². The molecule has 8 nitrogen and oxygen atoms in total. The molecule has 0 fully saturated rings. The zero-order valence-corrected chi connectivity index (χ0v) is 21.3. The van der Waals surface area contributed by atoms with Gasteiger partial charge in [-0.3, -0.25) is 14.4 Å². The van der Waals surface area contributed by atoms with E-state index in [1.54, 1.807) is 24.3 Å². The van der Waals surface area contributed by atoms with E-state index in [1.165, 1.54) is 11.0 Å². The lowest BCUT2D eigenvalue weighted by Gasteiger charge is -2.36. The Bertz CT molecular complexity index is 1120. The molecule has 10 heteroatoms. The van der Waals surface area contributed by atoms with E-state index in [0.29, 0.717) is 40.7 Å². The number of carboxylic acids is 1. The summed E-state index contributed by atoms with van der Waals surface area (Å²) in [6.45, 7) is 2.54. The van der Waals surface area contributed by atoms with Crippen molar-refractivity contribution in [3.63, 3.8) is 0 Å². The maximum atomic E-state index is 14.7. The Balaban J connectivity index is 1.90. The van der Waals surface area contributed by atoms with Gasteiger partial charge in [0.2, 0.25) is 11.8 Å². The minimum atomic E-state index is -1.29. The summed E-state index contributed by atoms with van der Waals surface area (Å²) in [6, 6.07) is 7.04. The molecule has 2 heterocycles. The van der Waals surface area contributed by atoms with Crippen LogP contribution in [0.5, 0.6) is 5.88 Å². The first-order valence-electron chi connectivity index (χ1n) is 11.4. The van der Waals surface area contributed by atoms with Crippen LogP contribution < -0.4 is 10.1 Å². The highest BCUT2D eigenvalue weighted by atomic mass is 32.3. The summed E-state index contributed by atoms with van der Waals surface area (Å²) in [7, 11) is -1.29. The van der Waals surface area contributed by atoms with Gasteiger partial charge in [0.1, 0.15) is 11.9 Å². The predicted octanol–water partition coefficient (Wildman–Crippen LogP) is 3.99. The van der Waals surface area contributed by atoms with Crippen LogP contribution in [0, 0.1) is 5.82 Å². The van der Waals surface area contributed by atoms with Crippen LogP contribution in [0.4, 0.5) is 10.1 Å². The van der Waals surface area contributed by atoms with E-state index in [1.807, 2.05) is 25.7 Å². The number of carbonyl (C=O) groups is 3. The minimum Gasteiger partial charge on any atom is -0.481 e. The number of halogens is 1. The Morgan fingerprint density at radius 1 is 1.20 bits per heavy atom. The highest BCUT2D eigenvalue weighted by Gasteiger charge is 2.37. The summed E-state index contributed by atoms with van der Waals surface area (Å²) >= 11 is 0. The fraction of sp³-hybridized carbons (Fsp3) is 0.440. The van der Waals surface area contributed by atoms with Gasteiger partial charge in [-0.05, 0) is 56.4 Å². The van der Waals surface area contributed by atoms with Gasteiger partial charge in [-0.2, -0.15) is 0 Å². The lowest BCUT2D eigenvalue weighted by molar-refractivity contribution is -0.140. The number of amides is 2. The zero-order chi connectivity index (χ0) is 25.8. The molecule has 1 aromatic heterocycles. The van der Waals surface area contributed by atoms with Gasteiger partial charge in [0.15, 0.2) is 0 Å². The van der Waals surface area contributed by atoms with Crippen molar-refractivity contribution >= 4 is 33.5 Å². The molecule has 1 aliphatic rings. The van der Waals surface area contributed by atoms with Crippen LogP contribution in [0.15, 0.2) is 35.2 Å². The Labute approximate surface area is 206 Å². The Kier molecular flexibility index (Phi) is 8.37. The normalized spacial score (nSPS) is 15.8. The molecule has 2 aromatic rings. The third-order valence-corrected chi connectivity index (χ3v) is 7.33. The molecule has 35 heavy (non-hydrogen) atoms. The van der Waals surface area contributed by atoms with Crippen molar-refractivity contribution in [2.24, 2.45) is 0 Å². The molecule has 0 bridgehead atoms. The van der Waals surface area contributed by atoms with Crippen molar-refractivity contribution in [3.8, 4) is 5.88 Å². The Hall–Kier alpha value is -3.14. The number of benzene rings is 1. The number of aromatic nitrogens is 1. The molecule has 2 amide bonds. The first-order valence-corrected chi connectivity index (χ1v) is 14.3. The zero-order valence-electron chi connectivity index (χ0n) is 20.5. The number of hydrogen-bond acceptors (Lipinski definition) is 5. The quantitative estimate of drug-likeness (QED) is 0.533. The third-order valence-electron chi connectivity index (χ3n) is 5.68. The van der Waals surface area contributed by atoms with Crippen LogP contribution in [0.2, 0.25) is 0 Å². The standard InChI is InChI=1S/C25H32FN3O5S/c1-5-34-21-12-10-17-19(28-21)13-14-29(22(30)7-6-8-23(31)32)24(17)25(33)27-16-9-11-20(18(26)15-16)35(2,3)4/h9-12,15,24H,5-8,13-14H2,1-4H3,(H,27,33)(H,31,32)/t24-/m1/s1. The van der Waals surface area contributed by atoms with Gasteiger partial charge < -0.3 is 20.1 Å². The molecule has 0 aliphatic carbocycles. The number of carbonyl (C=O) groups excluding carboxylic acids is 2. The molecular weight excluding hydrogens is 473 g/mol. The van der Waals surface area contributed by atoms with E-state index >= 15 is 0 Å². The summed E-state index contributed by atoms with van der Waals surface area (Å²) in [5, 5.41) is 11.6. The summed E-state index contributed by atoms with van der Waals surface area (Å²) in [6.07, 6.45) is 6.44. The topological polar surface area (TPSA) is 109 Å². The van der Waals surface area contributed by atoms with Crippen molar-refractivity contribution in [2.75, 3.05) is 37.2 Å². The van der Waals surface area contributed by atoms with Crippen molar-refractivity contribution < 1.29 is 28.6 Å². The smallest absolute Gasteiger partial charge is 0.303 e.